The maximum atomic E-state index is 12.8. The number of benzene rings is 1. The number of likely N-dealkylation sites (tertiary alicyclic amines) is 1. The Morgan fingerprint density at radius 1 is 1.12 bits per heavy atom. The van der Waals surface area contributed by atoms with Gasteiger partial charge in [-0.15, -0.1) is 0 Å². The van der Waals surface area contributed by atoms with E-state index in [2.05, 4.69) is 23.9 Å². The minimum Gasteiger partial charge on any atom is -0.320 e. The van der Waals surface area contributed by atoms with E-state index < -0.39 is 10.0 Å². The molecule has 1 unspecified atom stereocenters. The monoisotopic (exact) mass is 379 g/mol. The van der Waals surface area contributed by atoms with E-state index in [9.17, 15) is 13.2 Å². The van der Waals surface area contributed by atoms with Crippen molar-refractivity contribution in [1.29, 1.82) is 0 Å². The first-order chi connectivity index (χ1) is 12.2. The summed E-state index contributed by atoms with van der Waals surface area (Å²) in [5.74, 6) is 0.439. The lowest BCUT2D eigenvalue weighted by Gasteiger charge is -2.61. The van der Waals surface area contributed by atoms with Gasteiger partial charge < -0.3 is 10.2 Å². The van der Waals surface area contributed by atoms with Crippen LogP contribution in [0.5, 0.6) is 0 Å². The van der Waals surface area contributed by atoms with E-state index in [0.717, 1.165) is 12.8 Å². The molecule has 2 fully saturated rings. The summed E-state index contributed by atoms with van der Waals surface area (Å²) in [5, 5.41) is 2.95. The van der Waals surface area contributed by atoms with Gasteiger partial charge in [0.1, 0.15) is 0 Å². The van der Waals surface area contributed by atoms with E-state index >= 15 is 0 Å². The van der Waals surface area contributed by atoms with Crippen molar-refractivity contribution in [2.75, 3.05) is 22.8 Å². The Morgan fingerprint density at radius 3 is 2.23 bits per heavy atom. The van der Waals surface area contributed by atoms with Gasteiger partial charge in [-0.05, 0) is 43.0 Å². The molecular weight excluding hydrogens is 350 g/mol. The molecule has 1 atom stereocenters. The van der Waals surface area contributed by atoms with Gasteiger partial charge in [-0.3, -0.25) is 4.72 Å². The summed E-state index contributed by atoms with van der Waals surface area (Å²) in [4.78, 5) is 14.7. The minimum absolute atomic E-state index is 0.0660. The molecule has 1 aliphatic heterocycles. The molecule has 26 heavy (non-hydrogen) atoms. The van der Waals surface area contributed by atoms with Crippen LogP contribution in [0.3, 0.4) is 0 Å². The highest BCUT2D eigenvalue weighted by Crippen LogP contribution is 2.51. The van der Waals surface area contributed by atoms with Crippen LogP contribution in [0.25, 0.3) is 0 Å². The third-order valence-electron chi connectivity index (χ3n) is 5.63. The number of nitrogens with one attached hydrogen (secondary N) is 2. The summed E-state index contributed by atoms with van der Waals surface area (Å²) >= 11 is 0. The average Bonchev–Trinajstić information content (AvgIpc) is 2.53. The lowest BCUT2D eigenvalue weighted by Crippen LogP contribution is -2.69. The summed E-state index contributed by atoms with van der Waals surface area (Å²) in [7, 11) is -3.30. The van der Waals surface area contributed by atoms with Crippen LogP contribution < -0.4 is 10.0 Å². The van der Waals surface area contributed by atoms with Gasteiger partial charge in [-0.2, -0.15) is 0 Å². The molecule has 1 spiro atoms. The van der Waals surface area contributed by atoms with Crippen molar-refractivity contribution in [2.24, 2.45) is 11.3 Å². The molecule has 1 aromatic rings. The van der Waals surface area contributed by atoms with Crippen LogP contribution in [-0.2, 0) is 10.0 Å². The van der Waals surface area contributed by atoms with Crippen LogP contribution in [0, 0.1) is 11.3 Å². The lowest BCUT2D eigenvalue weighted by molar-refractivity contribution is -0.0853. The predicted octanol–water partition coefficient (Wildman–Crippen LogP) is 3.88. The largest absolute Gasteiger partial charge is 0.322 e. The number of urea groups is 1. The molecule has 2 aliphatic rings. The zero-order valence-electron chi connectivity index (χ0n) is 15.8. The van der Waals surface area contributed by atoms with E-state index in [1.807, 2.05) is 4.90 Å². The number of nitrogens with zero attached hydrogens (tertiary/aromatic N) is 1. The molecular formula is C19H29N3O3S. The van der Waals surface area contributed by atoms with Gasteiger partial charge in [0.05, 0.1) is 6.26 Å². The van der Waals surface area contributed by atoms with E-state index in [4.69, 9.17) is 0 Å². The first-order valence-corrected chi connectivity index (χ1v) is 11.2. The lowest BCUT2D eigenvalue weighted by atomic mass is 9.60. The van der Waals surface area contributed by atoms with Crippen molar-refractivity contribution in [1.82, 2.24) is 4.90 Å². The third-order valence-corrected chi connectivity index (χ3v) is 6.24. The number of hydrogen-bond acceptors (Lipinski definition) is 3. The maximum absolute atomic E-state index is 12.8. The normalized spacial score (nSPS) is 22.2. The van der Waals surface area contributed by atoms with E-state index in [1.165, 1.54) is 32.1 Å². The highest BCUT2D eigenvalue weighted by atomic mass is 32.2. The van der Waals surface area contributed by atoms with Gasteiger partial charge in [-0.25, -0.2) is 13.2 Å². The first kappa shape index (κ1) is 19.0. The smallest absolute Gasteiger partial charge is 0.320 e. The second-order valence-corrected chi connectivity index (χ2v) is 9.87. The van der Waals surface area contributed by atoms with Crippen molar-refractivity contribution in [2.45, 2.75) is 52.0 Å². The Balaban J connectivity index is 1.64. The fraction of sp³-hybridized carbons (Fsp3) is 0.632. The Labute approximate surface area is 156 Å². The molecule has 2 amide bonds. The Bertz CT molecular complexity index is 753. The molecule has 144 valence electrons. The number of amides is 2. The van der Waals surface area contributed by atoms with Crippen molar-refractivity contribution in [3.63, 3.8) is 0 Å². The van der Waals surface area contributed by atoms with E-state index in [1.54, 1.807) is 24.3 Å². The molecule has 2 N–H and O–H groups in total. The Morgan fingerprint density at radius 2 is 1.69 bits per heavy atom. The van der Waals surface area contributed by atoms with Crippen molar-refractivity contribution < 1.29 is 13.2 Å². The summed E-state index contributed by atoms with van der Waals surface area (Å²) in [6.07, 6.45) is 7.42. The van der Waals surface area contributed by atoms with Crippen LogP contribution in [0.15, 0.2) is 24.3 Å². The SMILES string of the molecule is CC(C)C1N(C(=O)Nc2ccc(NS(C)(=O)=O)cc2)CC12CCCCC2. The second-order valence-electron chi connectivity index (χ2n) is 8.12. The Hall–Kier alpha value is -1.76. The highest BCUT2D eigenvalue weighted by molar-refractivity contribution is 7.92. The van der Waals surface area contributed by atoms with E-state index in [0.29, 0.717) is 28.7 Å². The molecule has 7 heteroatoms. The number of anilines is 2. The number of carbonyl (C=O) groups excluding carboxylic acids is 1. The molecule has 1 saturated carbocycles. The molecule has 0 bridgehead atoms. The zero-order valence-corrected chi connectivity index (χ0v) is 16.6. The summed E-state index contributed by atoms with van der Waals surface area (Å²) in [6, 6.07) is 6.96. The standard InChI is InChI=1S/C19H29N3O3S/c1-14(2)17-19(11-5-4-6-12-19)13-22(17)18(23)20-15-7-9-16(10-8-15)21-26(3,24)25/h7-10,14,17,21H,4-6,11-13H2,1-3H3,(H,20,23). The Kier molecular flexibility index (Phi) is 5.19. The van der Waals surface area contributed by atoms with Crippen molar-refractivity contribution in [3.8, 4) is 0 Å². The molecule has 0 radical (unpaired) electrons. The molecule has 0 aromatic heterocycles. The number of rotatable bonds is 4. The van der Waals surface area contributed by atoms with Crippen LogP contribution in [0.2, 0.25) is 0 Å². The fourth-order valence-electron chi connectivity index (χ4n) is 4.76. The van der Waals surface area contributed by atoms with Crippen molar-refractivity contribution in [3.05, 3.63) is 24.3 Å². The number of carbonyl (C=O) groups is 1. The van der Waals surface area contributed by atoms with Crippen LogP contribution in [-0.4, -0.2) is 38.2 Å². The number of sulfonamides is 1. The van der Waals surface area contributed by atoms with Gasteiger partial charge in [0.15, 0.2) is 0 Å². The molecule has 1 aliphatic carbocycles. The van der Waals surface area contributed by atoms with Gasteiger partial charge in [0, 0.05) is 29.4 Å². The average molecular weight is 380 g/mol. The minimum atomic E-state index is -3.30. The summed E-state index contributed by atoms with van der Waals surface area (Å²) in [6.45, 7) is 5.24. The zero-order chi connectivity index (χ0) is 18.9. The third kappa shape index (κ3) is 3.98. The fourth-order valence-corrected chi connectivity index (χ4v) is 5.32. The highest BCUT2D eigenvalue weighted by Gasteiger charge is 2.55. The first-order valence-electron chi connectivity index (χ1n) is 9.36. The maximum Gasteiger partial charge on any atom is 0.322 e. The van der Waals surface area contributed by atoms with Gasteiger partial charge in [0.2, 0.25) is 10.0 Å². The van der Waals surface area contributed by atoms with Crippen LogP contribution in [0.4, 0.5) is 16.2 Å². The van der Waals surface area contributed by atoms with E-state index in [-0.39, 0.29) is 6.03 Å². The van der Waals surface area contributed by atoms with Crippen molar-refractivity contribution >= 4 is 27.4 Å². The molecule has 1 aromatic carbocycles. The van der Waals surface area contributed by atoms with Gasteiger partial charge in [-0.1, -0.05) is 33.1 Å². The predicted molar refractivity (Wildman–Crippen MR) is 105 cm³/mol. The summed E-state index contributed by atoms with van der Waals surface area (Å²) in [5.41, 5.74) is 1.46. The molecule has 3 rings (SSSR count). The topological polar surface area (TPSA) is 78.5 Å². The second kappa shape index (κ2) is 7.10. The molecule has 1 saturated heterocycles. The molecule has 6 nitrogen and oxygen atoms in total. The quantitative estimate of drug-likeness (QED) is 0.833. The molecule has 1 heterocycles. The van der Waals surface area contributed by atoms with Gasteiger partial charge in [0.25, 0.3) is 0 Å². The van der Waals surface area contributed by atoms with Crippen LogP contribution in [0.1, 0.15) is 46.0 Å². The van der Waals surface area contributed by atoms with Crippen LogP contribution >= 0.6 is 0 Å². The summed E-state index contributed by atoms with van der Waals surface area (Å²) < 4.78 is 24.9. The van der Waals surface area contributed by atoms with Gasteiger partial charge >= 0.3 is 6.03 Å². The number of hydrogen-bond donors (Lipinski definition) is 2.